The summed E-state index contributed by atoms with van der Waals surface area (Å²) in [6.07, 6.45) is 9.58. The summed E-state index contributed by atoms with van der Waals surface area (Å²) in [5.41, 5.74) is 0.940. The van der Waals surface area contributed by atoms with E-state index in [9.17, 15) is 13.2 Å². The molecule has 1 aromatic carbocycles. The predicted molar refractivity (Wildman–Crippen MR) is 82.4 cm³/mol. The van der Waals surface area contributed by atoms with Gasteiger partial charge in [0.2, 0.25) is 0 Å². The maximum Gasteiger partial charge on any atom is 0.185 e. The fraction of sp³-hybridized carbons (Fsp3) is 0.267. The van der Waals surface area contributed by atoms with Crippen molar-refractivity contribution in [2.75, 3.05) is 0 Å². The molecule has 0 N–H and O–H groups in total. The van der Waals surface area contributed by atoms with E-state index in [0.29, 0.717) is 24.2 Å². The molecule has 106 valence electrons. The Kier molecular flexibility index (Phi) is 4.94. The number of aldehydes is 1. The molecular weight excluding hydrogens is 340 g/mol. The standard InChI is InChI=1S/C15H15BrO3S/c16-15-11-14(9-8-12(15)5-4-10-17)20(18,19)13-6-2-1-3-7-13/h1-3,6,8-11,13H,4-5,7H2. The van der Waals surface area contributed by atoms with Crippen molar-refractivity contribution in [1.29, 1.82) is 0 Å². The van der Waals surface area contributed by atoms with Gasteiger partial charge in [-0.3, -0.25) is 0 Å². The zero-order chi connectivity index (χ0) is 14.6. The lowest BCUT2D eigenvalue weighted by Crippen LogP contribution is -2.19. The van der Waals surface area contributed by atoms with E-state index >= 15 is 0 Å². The monoisotopic (exact) mass is 354 g/mol. The molecule has 1 unspecified atom stereocenters. The number of rotatable bonds is 5. The number of allylic oxidation sites excluding steroid dienone is 3. The highest BCUT2D eigenvalue weighted by Crippen LogP contribution is 2.27. The highest BCUT2D eigenvalue weighted by molar-refractivity contribution is 9.10. The fourth-order valence-electron chi connectivity index (χ4n) is 2.09. The van der Waals surface area contributed by atoms with Crippen LogP contribution in [-0.2, 0) is 21.1 Å². The molecule has 20 heavy (non-hydrogen) atoms. The van der Waals surface area contributed by atoms with Crippen LogP contribution in [0.2, 0.25) is 0 Å². The average Bonchev–Trinajstić information content (AvgIpc) is 2.47. The number of hydrogen-bond donors (Lipinski definition) is 0. The van der Waals surface area contributed by atoms with E-state index < -0.39 is 15.1 Å². The number of hydrogen-bond acceptors (Lipinski definition) is 3. The van der Waals surface area contributed by atoms with Gasteiger partial charge in [0.1, 0.15) is 6.29 Å². The number of benzene rings is 1. The van der Waals surface area contributed by atoms with Gasteiger partial charge in [-0.05, 0) is 30.5 Å². The Labute approximate surface area is 127 Å². The molecule has 1 aromatic rings. The second kappa shape index (κ2) is 6.50. The van der Waals surface area contributed by atoms with Gasteiger partial charge in [-0.1, -0.05) is 46.3 Å². The summed E-state index contributed by atoms with van der Waals surface area (Å²) < 4.78 is 25.7. The minimum Gasteiger partial charge on any atom is -0.303 e. The molecule has 0 aromatic heterocycles. The summed E-state index contributed by atoms with van der Waals surface area (Å²) in [7, 11) is -3.36. The molecule has 0 saturated carbocycles. The molecule has 0 saturated heterocycles. The molecule has 2 rings (SSSR count). The smallest absolute Gasteiger partial charge is 0.185 e. The normalized spacial score (nSPS) is 18.1. The van der Waals surface area contributed by atoms with Crippen molar-refractivity contribution in [2.24, 2.45) is 0 Å². The van der Waals surface area contributed by atoms with E-state index in [1.54, 1.807) is 30.4 Å². The maximum absolute atomic E-state index is 12.5. The third-order valence-electron chi connectivity index (χ3n) is 3.22. The number of aryl methyl sites for hydroxylation is 1. The van der Waals surface area contributed by atoms with Gasteiger partial charge in [0, 0.05) is 10.9 Å². The van der Waals surface area contributed by atoms with Crippen molar-refractivity contribution in [3.8, 4) is 0 Å². The summed E-state index contributed by atoms with van der Waals surface area (Å²) in [4.78, 5) is 10.7. The molecule has 1 aliphatic rings. The first-order chi connectivity index (χ1) is 9.55. The molecule has 0 aliphatic heterocycles. The lowest BCUT2D eigenvalue weighted by atomic mass is 10.1. The molecule has 0 fully saturated rings. The van der Waals surface area contributed by atoms with Crippen molar-refractivity contribution in [1.82, 2.24) is 0 Å². The second-order valence-electron chi connectivity index (χ2n) is 4.59. The molecule has 0 radical (unpaired) electrons. The number of halogens is 1. The summed E-state index contributed by atoms with van der Waals surface area (Å²) >= 11 is 3.38. The van der Waals surface area contributed by atoms with Crippen LogP contribution >= 0.6 is 15.9 Å². The van der Waals surface area contributed by atoms with Crippen LogP contribution in [-0.4, -0.2) is 20.0 Å². The van der Waals surface area contributed by atoms with Crippen molar-refractivity contribution < 1.29 is 13.2 Å². The summed E-state index contributed by atoms with van der Waals surface area (Å²) in [6.45, 7) is 0. The van der Waals surface area contributed by atoms with E-state index in [2.05, 4.69) is 15.9 Å². The molecule has 1 atom stereocenters. The van der Waals surface area contributed by atoms with Gasteiger partial charge >= 0.3 is 0 Å². The molecule has 3 nitrogen and oxygen atoms in total. The number of carbonyl (C=O) groups excluding carboxylic acids is 1. The minimum absolute atomic E-state index is 0.309. The van der Waals surface area contributed by atoms with Crippen LogP contribution in [0.3, 0.4) is 0 Å². The maximum atomic E-state index is 12.5. The van der Waals surface area contributed by atoms with Gasteiger partial charge in [0.25, 0.3) is 0 Å². The molecular formula is C15H15BrO3S. The van der Waals surface area contributed by atoms with Gasteiger partial charge in [-0.25, -0.2) is 8.42 Å². The third kappa shape index (κ3) is 3.27. The zero-order valence-corrected chi connectivity index (χ0v) is 13.2. The van der Waals surface area contributed by atoms with Crippen LogP contribution in [0.15, 0.2) is 51.9 Å². The van der Waals surface area contributed by atoms with E-state index in [-0.39, 0.29) is 0 Å². The van der Waals surface area contributed by atoms with Crippen molar-refractivity contribution in [3.63, 3.8) is 0 Å². The Morgan fingerprint density at radius 1 is 1.30 bits per heavy atom. The molecule has 0 spiro atoms. The lowest BCUT2D eigenvalue weighted by Gasteiger charge is -2.15. The van der Waals surface area contributed by atoms with Gasteiger partial charge < -0.3 is 4.79 Å². The van der Waals surface area contributed by atoms with Crippen LogP contribution in [0, 0.1) is 0 Å². The molecule has 0 bridgehead atoms. The Balaban J connectivity index is 2.28. The molecule has 0 amide bonds. The largest absolute Gasteiger partial charge is 0.303 e. The average molecular weight is 355 g/mol. The zero-order valence-electron chi connectivity index (χ0n) is 10.8. The SMILES string of the molecule is O=CCCc1ccc(S(=O)(=O)C2C=CC=CC2)cc1Br. The Hall–Kier alpha value is -1.20. The van der Waals surface area contributed by atoms with Crippen molar-refractivity contribution in [3.05, 3.63) is 52.5 Å². The van der Waals surface area contributed by atoms with Gasteiger partial charge in [-0.15, -0.1) is 0 Å². The number of sulfone groups is 1. The fourth-order valence-corrected chi connectivity index (χ4v) is 4.37. The summed E-state index contributed by atoms with van der Waals surface area (Å²) in [5, 5.41) is -0.500. The number of carbonyl (C=O) groups is 1. The predicted octanol–water partition coefficient (Wildman–Crippen LogP) is 3.24. The Morgan fingerprint density at radius 2 is 2.10 bits per heavy atom. The van der Waals surface area contributed by atoms with E-state index in [4.69, 9.17) is 0 Å². The third-order valence-corrected chi connectivity index (χ3v) is 6.02. The van der Waals surface area contributed by atoms with E-state index in [1.165, 1.54) is 0 Å². The highest BCUT2D eigenvalue weighted by atomic mass is 79.9. The Morgan fingerprint density at radius 3 is 2.70 bits per heavy atom. The topological polar surface area (TPSA) is 51.2 Å². The highest BCUT2D eigenvalue weighted by Gasteiger charge is 2.25. The Bertz CT molecular complexity index is 660. The van der Waals surface area contributed by atoms with Crippen molar-refractivity contribution >= 4 is 32.1 Å². The van der Waals surface area contributed by atoms with Crippen molar-refractivity contribution in [2.45, 2.75) is 29.4 Å². The van der Waals surface area contributed by atoms with Gasteiger partial charge in [-0.2, -0.15) is 0 Å². The lowest BCUT2D eigenvalue weighted by molar-refractivity contribution is -0.107. The van der Waals surface area contributed by atoms with Crippen LogP contribution in [0.4, 0.5) is 0 Å². The van der Waals surface area contributed by atoms with E-state index in [1.807, 2.05) is 12.2 Å². The molecule has 5 heteroatoms. The first kappa shape index (κ1) is 15.2. The molecule has 1 aliphatic carbocycles. The van der Waals surface area contributed by atoms with Gasteiger partial charge in [0.15, 0.2) is 9.84 Å². The summed E-state index contributed by atoms with van der Waals surface area (Å²) in [6, 6.07) is 5.01. The first-order valence-electron chi connectivity index (χ1n) is 6.35. The minimum atomic E-state index is -3.36. The second-order valence-corrected chi connectivity index (χ2v) is 7.61. The van der Waals surface area contributed by atoms with Crippen LogP contribution in [0.25, 0.3) is 0 Å². The molecule has 0 heterocycles. The first-order valence-corrected chi connectivity index (χ1v) is 8.69. The quantitative estimate of drug-likeness (QED) is 0.762. The van der Waals surface area contributed by atoms with Crippen LogP contribution in [0.5, 0.6) is 0 Å². The summed E-state index contributed by atoms with van der Waals surface area (Å²) in [5.74, 6) is 0. The van der Waals surface area contributed by atoms with Crippen LogP contribution < -0.4 is 0 Å². The van der Waals surface area contributed by atoms with Gasteiger partial charge in [0.05, 0.1) is 10.1 Å². The van der Waals surface area contributed by atoms with Crippen LogP contribution in [0.1, 0.15) is 18.4 Å². The van der Waals surface area contributed by atoms with E-state index in [0.717, 1.165) is 16.3 Å².